The second-order valence-corrected chi connectivity index (χ2v) is 22.9. The van der Waals surface area contributed by atoms with E-state index in [9.17, 15) is 19.8 Å². The smallest absolute Gasteiger partial charge is 0.251 e. The van der Waals surface area contributed by atoms with Gasteiger partial charge < -0.3 is 30.3 Å². The van der Waals surface area contributed by atoms with Crippen molar-refractivity contribution in [1.29, 1.82) is 0 Å². The Morgan fingerprint density at radius 3 is 0.879 bits per heavy atom. The Morgan fingerprint density at radius 1 is 0.409 bits per heavy atom. The van der Waals surface area contributed by atoms with Crippen LogP contribution in [0.15, 0.2) is 206 Å². The minimum atomic E-state index is -2.26. The summed E-state index contributed by atoms with van der Waals surface area (Å²) in [5, 5.41) is 41.3. The topological polar surface area (TPSA) is 123 Å². The number of hydrogen-bond acceptors (Lipinski definition) is 6. The molecule has 2 amide bonds. The monoisotopic (exact) mass is 908 g/mol. The zero-order valence-corrected chi connectivity index (χ0v) is 38.6. The van der Waals surface area contributed by atoms with Crippen LogP contribution in [0.25, 0.3) is 11.1 Å². The van der Waals surface area contributed by atoms with Crippen molar-refractivity contribution in [3.05, 3.63) is 217 Å². The van der Waals surface area contributed by atoms with E-state index in [0.29, 0.717) is 25.4 Å². The number of benzene rings is 8. The van der Waals surface area contributed by atoms with E-state index in [1.807, 2.05) is 109 Å². The number of amides is 2. The van der Waals surface area contributed by atoms with Crippen LogP contribution in [0.3, 0.4) is 0 Å². The van der Waals surface area contributed by atoms with Crippen LogP contribution < -0.4 is 62.1 Å². The van der Waals surface area contributed by atoms with Gasteiger partial charge in [0.2, 0.25) is 0 Å². The molecular formula is C56H50N2O6P2. The van der Waals surface area contributed by atoms with Gasteiger partial charge in [0.25, 0.3) is 11.8 Å². The molecular weight excluding hydrogens is 859 g/mol. The zero-order valence-electron chi connectivity index (χ0n) is 36.8. The molecule has 0 unspecified atom stereocenters. The number of rotatable bonds is 17. The molecule has 0 spiro atoms. The first-order valence-electron chi connectivity index (χ1n) is 21.7. The van der Waals surface area contributed by atoms with Crippen LogP contribution in [-0.2, 0) is 0 Å². The van der Waals surface area contributed by atoms with Crippen molar-refractivity contribution >= 4 is 58.2 Å². The van der Waals surface area contributed by atoms with E-state index in [1.54, 1.807) is 0 Å². The Morgan fingerprint density at radius 2 is 0.652 bits per heavy atom. The van der Waals surface area contributed by atoms with Gasteiger partial charge in [-0.15, -0.1) is 0 Å². The number of nitrogens with one attached hydrogen (secondary N) is 2. The van der Waals surface area contributed by atoms with E-state index in [-0.39, 0.29) is 33.8 Å². The normalized spacial score (nSPS) is 11.4. The van der Waals surface area contributed by atoms with Gasteiger partial charge in [-0.3, -0.25) is 9.59 Å². The third-order valence-electron chi connectivity index (χ3n) is 12.0. The average molecular weight is 909 g/mol. The molecule has 0 saturated carbocycles. The van der Waals surface area contributed by atoms with E-state index < -0.39 is 37.8 Å². The number of hydrogen-bond donors (Lipinski definition) is 2. The maximum Gasteiger partial charge on any atom is 0.251 e. The quantitative estimate of drug-likeness (QED) is 0.0954. The minimum absolute atomic E-state index is 0.0840. The molecule has 10 heteroatoms. The van der Waals surface area contributed by atoms with E-state index in [0.717, 1.165) is 0 Å². The van der Waals surface area contributed by atoms with Crippen molar-refractivity contribution in [2.45, 2.75) is 0 Å². The highest BCUT2D eigenvalue weighted by Crippen LogP contribution is 2.56. The zero-order chi connectivity index (χ0) is 45.9. The fraction of sp³-hybridized carbons (Fsp3) is 0.107. The third-order valence-corrected chi connectivity index (χ3v) is 20.9. The van der Waals surface area contributed by atoms with Gasteiger partial charge in [-0.25, -0.2) is 0 Å². The molecule has 0 saturated heterocycles. The van der Waals surface area contributed by atoms with Crippen LogP contribution in [0.5, 0.6) is 23.0 Å². The van der Waals surface area contributed by atoms with Crippen molar-refractivity contribution < 1.29 is 29.3 Å². The number of ether oxygens (including phenoxy) is 2. The molecule has 0 aliphatic heterocycles. The summed E-state index contributed by atoms with van der Waals surface area (Å²) >= 11 is 0. The van der Waals surface area contributed by atoms with Crippen molar-refractivity contribution in [2.75, 3.05) is 39.6 Å². The van der Waals surface area contributed by atoms with E-state index in [1.165, 1.54) is 70.3 Å². The standard InChI is InChI=1S/C56H50N2O6P2/c1-63-51-39-41(55(61)57-33-35-65(43-21-9-3-10-22-43,44-23-11-4-12-24-44)45-25-13-5-14-26-45)37-49(53(51)59)50-38-42(40-52(64-2)54(50)60)56(62)58-34-36-66(46-27-15-6-16-28-46,47-29-17-7-18-30-47)48-31-19-8-20-32-48/h3-32,37-40H,33-36H2,1-2H3,(H2-2,57,58,59,60,61,62). The van der Waals surface area contributed by atoms with Crippen LogP contribution in [0.2, 0.25) is 0 Å². The van der Waals surface area contributed by atoms with Crippen LogP contribution >= 0.6 is 14.5 Å². The summed E-state index contributed by atoms with van der Waals surface area (Å²) in [6.07, 6.45) is 1.23. The Hall–Kier alpha value is -7.24. The van der Waals surface area contributed by atoms with E-state index in [2.05, 4.69) is 83.4 Å². The Bertz CT molecular complexity index is 2500. The van der Waals surface area contributed by atoms with Gasteiger partial charge >= 0.3 is 0 Å². The first-order chi connectivity index (χ1) is 32.3. The van der Waals surface area contributed by atoms with Gasteiger partial charge in [-0.2, -0.15) is 0 Å². The molecule has 0 aliphatic carbocycles. The highest BCUT2D eigenvalue weighted by Gasteiger charge is 2.46. The Balaban J connectivity index is 1.08. The molecule has 0 aromatic heterocycles. The maximum atomic E-state index is 14.2. The molecule has 2 N–H and O–H groups in total. The summed E-state index contributed by atoms with van der Waals surface area (Å²) in [6.45, 7) is 0.613. The van der Waals surface area contributed by atoms with Crippen molar-refractivity contribution in [3.63, 3.8) is 0 Å². The average Bonchev–Trinajstić information content (AvgIpc) is 3.38. The molecule has 0 bridgehead atoms. The van der Waals surface area contributed by atoms with Crippen LogP contribution in [0.1, 0.15) is 20.7 Å². The maximum absolute atomic E-state index is 14.2. The largest absolute Gasteiger partial charge is 0.870 e. The van der Waals surface area contributed by atoms with Gasteiger partial charge in [0.05, 0.1) is 39.6 Å². The van der Waals surface area contributed by atoms with Gasteiger partial charge in [0.15, 0.2) is 0 Å². The second kappa shape index (κ2) is 20.7. The predicted molar refractivity (Wildman–Crippen MR) is 269 cm³/mol. The molecule has 0 atom stereocenters. The van der Waals surface area contributed by atoms with Crippen molar-refractivity contribution in [3.8, 4) is 34.1 Å². The molecule has 0 fully saturated rings. The Kier molecular flexibility index (Phi) is 14.2. The lowest BCUT2D eigenvalue weighted by Gasteiger charge is -2.28. The van der Waals surface area contributed by atoms with Gasteiger partial charge in [-0.1, -0.05) is 121 Å². The molecule has 66 heavy (non-hydrogen) atoms. The lowest BCUT2D eigenvalue weighted by Crippen LogP contribution is -2.38. The number of carbonyl (C=O) groups excluding carboxylic acids is 2. The fourth-order valence-corrected chi connectivity index (χ4v) is 17.1. The summed E-state index contributed by atoms with van der Waals surface area (Å²) in [5.74, 6) is -2.33. The molecule has 0 heterocycles. The lowest BCUT2D eigenvalue weighted by molar-refractivity contribution is -0.272. The molecule has 330 valence electrons. The number of carbonyl (C=O) groups is 2. The number of methoxy groups -OCH3 is 2. The van der Waals surface area contributed by atoms with Crippen LogP contribution in [-0.4, -0.2) is 51.4 Å². The molecule has 8 aromatic rings. The predicted octanol–water partition coefficient (Wildman–Crippen LogP) is 6.97. The first-order valence-corrected chi connectivity index (χ1v) is 25.7. The summed E-state index contributed by atoms with van der Waals surface area (Å²) in [5.41, 5.74) is 0.0835. The van der Waals surface area contributed by atoms with Gasteiger partial charge in [0.1, 0.15) is 57.9 Å². The van der Waals surface area contributed by atoms with Crippen molar-refractivity contribution in [1.82, 2.24) is 10.6 Å². The first kappa shape index (κ1) is 45.3. The molecule has 0 radical (unpaired) electrons. The molecule has 8 rings (SSSR count). The van der Waals surface area contributed by atoms with Crippen LogP contribution in [0.4, 0.5) is 0 Å². The Labute approximate surface area is 387 Å². The fourth-order valence-electron chi connectivity index (χ4n) is 8.81. The highest BCUT2D eigenvalue weighted by atomic mass is 31.2. The minimum Gasteiger partial charge on any atom is -0.870 e. The van der Waals surface area contributed by atoms with Gasteiger partial charge in [0, 0.05) is 11.1 Å². The highest BCUT2D eigenvalue weighted by molar-refractivity contribution is 7.96. The van der Waals surface area contributed by atoms with Crippen molar-refractivity contribution in [2.24, 2.45) is 0 Å². The molecule has 0 aliphatic rings. The summed E-state index contributed by atoms with van der Waals surface area (Å²) in [4.78, 5) is 28.3. The summed E-state index contributed by atoms with van der Waals surface area (Å²) in [6, 6.07) is 67.9. The van der Waals surface area contributed by atoms with Crippen LogP contribution in [0, 0.1) is 0 Å². The molecule has 8 nitrogen and oxygen atoms in total. The third kappa shape index (κ3) is 9.17. The van der Waals surface area contributed by atoms with E-state index in [4.69, 9.17) is 9.47 Å². The SMILES string of the molecule is COc1cc(C(=O)NCC[P+](c2ccccc2)(c2ccccc2)c2ccccc2)cc(-c2cc(C(=O)NCC[P+](c3ccccc3)(c3ccccc3)c3ccccc3)cc(OC)c2[O-])c1[O-]. The molecule has 8 aromatic carbocycles. The second-order valence-electron chi connectivity index (χ2n) is 15.7. The summed E-state index contributed by atoms with van der Waals surface area (Å²) < 4.78 is 11.0. The van der Waals surface area contributed by atoms with E-state index >= 15 is 0 Å². The van der Waals surface area contributed by atoms with Gasteiger partial charge in [-0.05, 0) is 108 Å². The summed E-state index contributed by atoms with van der Waals surface area (Å²) in [7, 11) is -1.84. The lowest BCUT2D eigenvalue weighted by atomic mass is 9.97.